The minimum Gasteiger partial charge on any atom is -0.510 e. The number of ether oxygens (including phenoxy) is 1. The van der Waals surface area contributed by atoms with Crippen LogP contribution < -0.4 is 9.30 Å². The Balaban J connectivity index is 0.00000624. The molecule has 59 heavy (non-hydrogen) atoms. The number of imidazole rings is 1. The summed E-state index contributed by atoms with van der Waals surface area (Å²) in [6.07, 6.45) is 6.40. The summed E-state index contributed by atoms with van der Waals surface area (Å²) in [5, 5.41) is 1.82. The van der Waals surface area contributed by atoms with E-state index in [1.54, 1.807) is 82.2 Å². The number of fused-ring (bicyclic) bond motifs is 4. The van der Waals surface area contributed by atoms with E-state index in [1.807, 2.05) is 55.7 Å². The van der Waals surface area contributed by atoms with E-state index in [1.165, 1.54) is 6.20 Å². The molecule has 10 aromatic rings. The predicted molar refractivity (Wildman–Crippen MR) is 232 cm³/mol. The summed E-state index contributed by atoms with van der Waals surface area (Å²) in [5.41, 5.74) is 2.63. The van der Waals surface area contributed by atoms with Crippen LogP contribution in [0.5, 0.6) is 11.5 Å². The van der Waals surface area contributed by atoms with Crippen LogP contribution in [0.4, 0.5) is 0 Å². The average Bonchev–Trinajstić information content (AvgIpc) is 3.90. The molecule has 6 nitrogen and oxygen atoms in total. The van der Waals surface area contributed by atoms with Gasteiger partial charge in [0.05, 0.1) is 30.4 Å². The van der Waals surface area contributed by atoms with Gasteiger partial charge in [-0.25, -0.2) is 4.98 Å². The monoisotopic (exact) mass is 956 g/mol. The van der Waals surface area contributed by atoms with Crippen LogP contribution in [0, 0.1) is 23.9 Å². The standard InChI is InChI=1S/C52H39N5O.Pt/c1-52(2,3)33-36-26-29-54-50(30-36)57-46-23-11-10-20-44(46)45-25-24-41(32-48(45)57)58-40-19-12-18-39(31-40)55-35-56(47-27-28-53-34-49(47)55)51-42(37-14-6-4-7-15-37)21-13-22-43(51)38-16-8-5-9-17-38;/h4-30,34H,33H2,1-3H3;/q-2;/i4D,5D,6D,7D,8D,9D,14D,15D,16D,17D,33D2;. The van der Waals surface area contributed by atoms with Gasteiger partial charge in [-0.1, -0.05) is 123 Å². The fourth-order valence-electron chi connectivity index (χ4n) is 7.23. The largest absolute Gasteiger partial charge is 0.510 e. The topological polar surface area (TPSA) is 48.8 Å². The van der Waals surface area contributed by atoms with E-state index in [9.17, 15) is 0 Å². The summed E-state index contributed by atoms with van der Waals surface area (Å²) in [7, 11) is 0. The van der Waals surface area contributed by atoms with Crippen molar-refractivity contribution in [3.63, 3.8) is 0 Å². The fourth-order valence-corrected chi connectivity index (χ4v) is 7.23. The second kappa shape index (κ2) is 15.6. The van der Waals surface area contributed by atoms with Gasteiger partial charge in [-0.3, -0.25) is 9.55 Å². The zero-order valence-electron chi connectivity index (χ0n) is 43.9. The molecule has 0 saturated carbocycles. The van der Waals surface area contributed by atoms with Crippen LogP contribution in [-0.2, 0) is 27.4 Å². The summed E-state index contributed by atoms with van der Waals surface area (Å²) in [6, 6.07) is 27.9. The smallest absolute Gasteiger partial charge is 0.268 e. The van der Waals surface area contributed by atoms with E-state index < -0.39 is 72.2 Å². The molecule has 0 amide bonds. The van der Waals surface area contributed by atoms with E-state index in [4.69, 9.17) is 26.2 Å². The third-order valence-corrected chi connectivity index (χ3v) is 9.52. The van der Waals surface area contributed by atoms with Crippen molar-refractivity contribution in [2.75, 3.05) is 0 Å². The van der Waals surface area contributed by atoms with Crippen molar-refractivity contribution in [3.8, 4) is 50.9 Å². The van der Waals surface area contributed by atoms with Gasteiger partial charge >= 0.3 is 0 Å². The van der Waals surface area contributed by atoms with Crippen molar-refractivity contribution < 1.29 is 46.8 Å². The molecule has 0 radical (unpaired) electrons. The predicted octanol–water partition coefficient (Wildman–Crippen LogP) is 11.9. The molecule has 0 aliphatic carbocycles. The molecule has 0 spiro atoms. The van der Waals surface area contributed by atoms with Crippen molar-refractivity contribution in [1.82, 2.24) is 19.1 Å². The zero-order valence-corrected chi connectivity index (χ0v) is 34.1. The SMILES string of the molecule is [2H]c1c([2H])c([2H])c(-c2cccc(-c3c([2H])c([2H])c([2H])c([2H])c3[2H])c2-[n+]2[c-]n(-c3[c-]c(Oc4[c-]c5c(cc4)c4ccccc4n5-c4cc(C([2H])([2H])C(C)(C)C)ccn4)ccc3)c3cnccc32)c([2H])c1[2H].[Pt]. The first-order valence-corrected chi connectivity index (χ1v) is 18.5. The number of rotatable bonds is 8. The van der Waals surface area contributed by atoms with Gasteiger partial charge in [0.25, 0.3) is 6.33 Å². The Kier molecular flexibility index (Phi) is 6.99. The molecule has 0 fully saturated rings. The van der Waals surface area contributed by atoms with Crippen LogP contribution in [0.2, 0.25) is 0 Å². The molecule has 290 valence electrons. The molecule has 0 bridgehead atoms. The summed E-state index contributed by atoms with van der Waals surface area (Å²) >= 11 is 0. The summed E-state index contributed by atoms with van der Waals surface area (Å²) in [6.45, 7) is 5.58. The maximum Gasteiger partial charge on any atom is 0.268 e. The minimum atomic E-state index is -1.67. The van der Waals surface area contributed by atoms with Gasteiger partial charge in [0, 0.05) is 59.4 Å². The normalized spacial score (nSPS) is 14.7. The van der Waals surface area contributed by atoms with Crippen molar-refractivity contribution in [2.45, 2.75) is 27.1 Å². The van der Waals surface area contributed by atoms with Crippen LogP contribution in [0.1, 0.15) is 42.8 Å². The van der Waals surface area contributed by atoms with Crippen LogP contribution in [0.3, 0.4) is 0 Å². The molecular weight excluding hydrogens is 906 g/mol. The molecule has 0 saturated heterocycles. The van der Waals surface area contributed by atoms with Gasteiger partial charge in [0.1, 0.15) is 5.82 Å². The number of nitrogens with zero attached hydrogens (tertiary/aromatic N) is 5. The third-order valence-electron chi connectivity index (χ3n) is 9.52. The zero-order chi connectivity index (χ0) is 49.7. The molecule has 6 aromatic carbocycles. The van der Waals surface area contributed by atoms with Gasteiger partial charge < -0.3 is 13.9 Å². The number of hydrogen-bond acceptors (Lipinski definition) is 3. The first-order valence-electron chi connectivity index (χ1n) is 24.5. The van der Waals surface area contributed by atoms with Gasteiger partial charge in [-0.05, 0) is 74.9 Å². The number of aromatic nitrogens is 5. The van der Waals surface area contributed by atoms with Gasteiger partial charge in [0.2, 0.25) is 0 Å². The van der Waals surface area contributed by atoms with E-state index in [2.05, 4.69) is 23.4 Å². The Bertz CT molecular complexity index is 3670. The minimum absolute atomic E-state index is 0. The van der Waals surface area contributed by atoms with E-state index in [-0.39, 0.29) is 49.0 Å². The van der Waals surface area contributed by atoms with E-state index in [0.717, 1.165) is 16.3 Å². The maximum atomic E-state index is 8.98. The Morgan fingerprint density at radius 2 is 1.44 bits per heavy atom. The van der Waals surface area contributed by atoms with E-state index in [0.29, 0.717) is 45.1 Å². The fraction of sp³-hybridized carbons (Fsp3) is 0.0962. The Labute approximate surface area is 375 Å². The van der Waals surface area contributed by atoms with Crippen LogP contribution in [0.15, 0.2) is 170 Å². The molecule has 4 heterocycles. The Morgan fingerprint density at radius 1 is 0.729 bits per heavy atom. The van der Waals surface area contributed by atoms with E-state index >= 15 is 0 Å². The van der Waals surface area contributed by atoms with Gasteiger partial charge in [-0.2, -0.15) is 18.2 Å². The van der Waals surface area contributed by atoms with Crippen molar-refractivity contribution in [2.24, 2.45) is 5.41 Å². The molecule has 0 unspecified atom stereocenters. The molecule has 10 rings (SSSR count). The van der Waals surface area contributed by atoms with Crippen LogP contribution in [0.25, 0.3) is 72.3 Å². The molecule has 7 heteroatoms. The number of hydrogen-bond donors (Lipinski definition) is 0. The first kappa shape index (κ1) is 26.4. The maximum absolute atomic E-state index is 8.98. The summed E-state index contributed by atoms with van der Waals surface area (Å²) < 4.78 is 116. The van der Waals surface area contributed by atoms with Gasteiger partial charge in [0.15, 0.2) is 0 Å². The van der Waals surface area contributed by atoms with Crippen LogP contribution >= 0.6 is 0 Å². The summed E-state index contributed by atoms with van der Waals surface area (Å²) in [5.74, 6) is 1.15. The average molecular weight is 957 g/mol. The summed E-state index contributed by atoms with van der Waals surface area (Å²) in [4.78, 5) is 9.10. The molecule has 0 N–H and O–H groups in total. The van der Waals surface area contributed by atoms with Crippen LogP contribution in [-0.4, -0.2) is 19.1 Å². The van der Waals surface area contributed by atoms with Crippen molar-refractivity contribution in [1.29, 1.82) is 0 Å². The Morgan fingerprint density at radius 3 is 2.19 bits per heavy atom. The molecule has 0 aliphatic rings. The Hall–Kier alpha value is -6.62. The van der Waals surface area contributed by atoms with Crippen molar-refractivity contribution >= 4 is 32.8 Å². The molecule has 4 aromatic heterocycles. The molecule has 0 atom stereocenters. The first-order chi connectivity index (χ1) is 33.3. The van der Waals surface area contributed by atoms with Crippen molar-refractivity contribution in [3.05, 3.63) is 194 Å². The van der Waals surface area contributed by atoms with Gasteiger partial charge in [-0.15, -0.1) is 29.7 Å². The second-order valence-corrected chi connectivity index (χ2v) is 14.6. The molecule has 0 aliphatic heterocycles. The number of benzene rings is 6. The third kappa shape index (κ3) is 7.26. The number of para-hydroxylation sites is 2. The second-order valence-electron chi connectivity index (χ2n) is 14.6. The quantitative estimate of drug-likeness (QED) is 0.113. The number of pyridine rings is 2. The molecular formula is C52H39N5OPt-2.